The summed E-state index contributed by atoms with van der Waals surface area (Å²) in [6, 6.07) is 19.3. The molecule has 2 aromatic carbocycles. The third kappa shape index (κ3) is 4.20. The van der Waals surface area contributed by atoms with Crippen LogP contribution in [0.5, 0.6) is 0 Å². The molecule has 4 aromatic rings. The molecule has 0 bridgehead atoms. The first kappa shape index (κ1) is 20.2. The Morgan fingerprint density at radius 2 is 1.75 bits per heavy atom. The molecule has 5 rings (SSSR count). The van der Waals surface area contributed by atoms with Gasteiger partial charge in [0.1, 0.15) is 0 Å². The second-order valence-electron chi connectivity index (χ2n) is 7.94. The largest absolute Gasteiger partial charge is 0.436 e. The summed E-state index contributed by atoms with van der Waals surface area (Å²) in [6.07, 6.45) is 1.70. The number of hydrogen-bond donors (Lipinski definition) is 0. The standard InChI is InChI=1S/C25H24N4O3/c1-18-15-20(32-27-18)17-28-11-13-29(14-12-28)25(30)22-10-6-5-9-21(22)24-26-16-23(31-24)19-7-3-2-4-8-19/h2-10,15-16H,11-14,17H2,1H3. The van der Waals surface area contributed by atoms with Crippen molar-refractivity contribution in [3.8, 4) is 22.8 Å². The van der Waals surface area contributed by atoms with Crippen molar-refractivity contribution in [2.45, 2.75) is 13.5 Å². The maximum absolute atomic E-state index is 13.3. The van der Waals surface area contributed by atoms with Crippen LogP contribution in [0, 0.1) is 6.92 Å². The van der Waals surface area contributed by atoms with E-state index in [1.54, 1.807) is 6.20 Å². The molecule has 3 heterocycles. The van der Waals surface area contributed by atoms with E-state index in [-0.39, 0.29) is 5.91 Å². The number of oxazole rings is 1. The van der Waals surface area contributed by atoms with Crippen molar-refractivity contribution in [2.24, 2.45) is 0 Å². The molecule has 0 spiro atoms. The highest BCUT2D eigenvalue weighted by Gasteiger charge is 2.25. The van der Waals surface area contributed by atoms with Crippen LogP contribution in [0.2, 0.25) is 0 Å². The van der Waals surface area contributed by atoms with Crippen LogP contribution in [0.1, 0.15) is 21.8 Å². The quantitative estimate of drug-likeness (QED) is 0.473. The van der Waals surface area contributed by atoms with Gasteiger partial charge in [-0.05, 0) is 19.1 Å². The summed E-state index contributed by atoms with van der Waals surface area (Å²) in [5.74, 6) is 1.98. The van der Waals surface area contributed by atoms with Gasteiger partial charge in [0.05, 0.1) is 24.0 Å². The molecule has 7 heteroatoms. The van der Waals surface area contributed by atoms with Gasteiger partial charge in [-0.1, -0.05) is 47.6 Å². The van der Waals surface area contributed by atoms with Crippen molar-refractivity contribution >= 4 is 5.91 Å². The molecule has 32 heavy (non-hydrogen) atoms. The summed E-state index contributed by atoms with van der Waals surface area (Å²) in [4.78, 5) is 22.0. The molecular weight excluding hydrogens is 404 g/mol. The number of aryl methyl sites for hydroxylation is 1. The van der Waals surface area contributed by atoms with Crippen molar-refractivity contribution < 1.29 is 13.7 Å². The van der Waals surface area contributed by atoms with Crippen molar-refractivity contribution in [1.29, 1.82) is 0 Å². The van der Waals surface area contributed by atoms with Crippen LogP contribution in [-0.4, -0.2) is 52.0 Å². The zero-order valence-electron chi connectivity index (χ0n) is 17.9. The van der Waals surface area contributed by atoms with Crippen molar-refractivity contribution in [3.05, 3.63) is 83.9 Å². The van der Waals surface area contributed by atoms with Crippen LogP contribution in [-0.2, 0) is 6.54 Å². The van der Waals surface area contributed by atoms with E-state index in [2.05, 4.69) is 15.0 Å². The average Bonchev–Trinajstić information content (AvgIpc) is 3.49. The molecule has 162 valence electrons. The van der Waals surface area contributed by atoms with Crippen LogP contribution < -0.4 is 0 Å². The van der Waals surface area contributed by atoms with Gasteiger partial charge < -0.3 is 13.8 Å². The summed E-state index contributed by atoms with van der Waals surface area (Å²) < 4.78 is 11.3. The Morgan fingerprint density at radius 1 is 1.00 bits per heavy atom. The molecule has 1 amide bonds. The maximum Gasteiger partial charge on any atom is 0.254 e. The highest BCUT2D eigenvalue weighted by atomic mass is 16.5. The number of hydrogen-bond acceptors (Lipinski definition) is 6. The second kappa shape index (κ2) is 8.80. The second-order valence-corrected chi connectivity index (χ2v) is 7.94. The summed E-state index contributed by atoms with van der Waals surface area (Å²) in [6.45, 7) is 5.49. The van der Waals surface area contributed by atoms with Crippen LogP contribution in [0.3, 0.4) is 0 Å². The highest BCUT2D eigenvalue weighted by molar-refractivity contribution is 6.00. The van der Waals surface area contributed by atoms with Gasteiger partial charge in [-0.2, -0.15) is 0 Å². The lowest BCUT2D eigenvalue weighted by Gasteiger charge is -2.34. The van der Waals surface area contributed by atoms with E-state index in [4.69, 9.17) is 8.94 Å². The third-order valence-electron chi connectivity index (χ3n) is 5.67. The fourth-order valence-corrected chi connectivity index (χ4v) is 3.98. The summed E-state index contributed by atoms with van der Waals surface area (Å²) in [5, 5.41) is 3.94. The number of amides is 1. The highest BCUT2D eigenvalue weighted by Crippen LogP contribution is 2.29. The van der Waals surface area contributed by atoms with E-state index in [1.165, 1.54) is 0 Å². The lowest BCUT2D eigenvalue weighted by Crippen LogP contribution is -2.48. The van der Waals surface area contributed by atoms with Gasteiger partial charge in [0.2, 0.25) is 5.89 Å². The number of benzene rings is 2. The predicted molar refractivity (Wildman–Crippen MR) is 120 cm³/mol. The lowest BCUT2D eigenvalue weighted by atomic mass is 10.1. The Labute approximate surface area is 186 Å². The average molecular weight is 428 g/mol. The van der Waals surface area contributed by atoms with E-state index < -0.39 is 0 Å². The maximum atomic E-state index is 13.3. The molecule has 7 nitrogen and oxygen atoms in total. The smallest absolute Gasteiger partial charge is 0.254 e. The molecule has 0 unspecified atom stereocenters. The van der Waals surface area contributed by atoms with Gasteiger partial charge in [0, 0.05) is 43.4 Å². The molecule has 2 aromatic heterocycles. The Kier molecular flexibility index (Phi) is 5.56. The first-order valence-corrected chi connectivity index (χ1v) is 10.7. The van der Waals surface area contributed by atoms with Crippen LogP contribution in [0.4, 0.5) is 0 Å². The number of nitrogens with zero attached hydrogens (tertiary/aromatic N) is 4. The Morgan fingerprint density at radius 3 is 2.50 bits per heavy atom. The van der Waals surface area contributed by atoms with Gasteiger partial charge in [-0.3, -0.25) is 9.69 Å². The van der Waals surface area contributed by atoms with Crippen LogP contribution in [0.15, 0.2) is 75.8 Å². The van der Waals surface area contributed by atoms with E-state index >= 15 is 0 Å². The number of piperazine rings is 1. The minimum Gasteiger partial charge on any atom is -0.436 e. The SMILES string of the molecule is Cc1cc(CN2CCN(C(=O)c3ccccc3-c3ncc(-c4ccccc4)o3)CC2)on1. The summed E-state index contributed by atoms with van der Waals surface area (Å²) in [7, 11) is 0. The molecular formula is C25H24N4O3. The molecule has 1 saturated heterocycles. The minimum absolute atomic E-state index is 0.00443. The first-order valence-electron chi connectivity index (χ1n) is 10.7. The van der Waals surface area contributed by atoms with Crippen LogP contribution in [0.25, 0.3) is 22.8 Å². The zero-order valence-corrected chi connectivity index (χ0v) is 17.9. The molecule has 1 fully saturated rings. The zero-order chi connectivity index (χ0) is 21.9. The molecule has 0 atom stereocenters. The van der Waals surface area contributed by atoms with E-state index in [9.17, 15) is 4.79 Å². The Balaban J connectivity index is 1.30. The van der Waals surface area contributed by atoms with Gasteiger partial charge in [-0.25, -0.2) is 4.98 Å². The van der Waals surface area contributed by atoms with Crippen LogP contribution >= 0.6 is 0 Å². The van der Waals surface area contributed by atoms with Gasteiger partial charge >= 0.3 is 0 Å². The molecule has 0 radical (unpaired) electrons. The number of aromatic nitrogens is 2. The Bertz CT molecular complexity index is 1210. The van der Waals surface area contributed by atoms with Crippen molar-refractivity contribution in [2.75, 3.05) is 26.2 Å². The molecule has 1 aliphatic rings. The predicted octanol–water partition coefficient (Wildman–Crippen LogP) is 4.26. The fraction of sp³-hybridized carbons (Fsp3) is 0.240. The van der Waals surface area contributed by atoms with E-state index in [0.717, 1.165) is 30.1 Å². The number of rotatable bonds is 5. The molecule has 0 saturated carbocycles. The van der Waals surface area contributed by atoms with Crippen molar-refractivity contribution in [1.82, 2.24) is 19.9 Å². The monoisotopic (exact) mass is 428 g/mol. The normalized spacial score (nSPS) is 14.6. The molecule has 0 N–H and O–H groups in total. The topological polar surface area (TPSA) is 75.6 Å². The van der Waals surface area contributed by atoms with Gasteiger partial charge in [-0.15, -0.1) is 0 Å². The number of carbonyl (C=O) groups is 1. The Hall–Kier alpha value is -3.71. The fourth-order valence-electron chi connectivity index (χ4n) is 3.98. The van der Waals surface area contributed by atoms with Crippen molar-refractivity contribution in [3.63, 3.8) is 0 Å². The van der Waals surface area contributed by atoms with Gasteiger partial charge in [0.15, 0.2) is 11.5 Å². The lowest BCUT2D eigenvalue weighted by molar-refractivity contribution is 0.0618. The van der Waals surface area contributed by atoms with Gasteiger partial charge in [0.25, 0.3) is 5.91 Å². The minimum atomic E-state index is -0.00443. The molecule has 1 aliphatic heterocycles. The summed E-state index contributed by atoms with van der Waals surface area (Å²) >= 11 is 0. The van der Waals surface area contributed by atoms with E-state index in [0.29, 0.717) is 42.4 Å². The van der Waals surface area contributed by atoms with E-state index in [1.807, 2.05) is 72.5 Å². The first-order chi connectivity index (χ1) is 15.7. The summed E-state index contributed by atoms with van der Waals surface area (Å²) in [5.41, 5.74) is 3.15. The third-order valence-corrected chi connectivity index (χ3v) is 5.67. The molecule has 0 aliphatic carbocycles. The number of carbonyl (C=O) groups excluding carboxylic acids is 1.